The van der Waals surface area contributed by atoms with Gasteiger partial charge in [-0.1, -0.05) is 18.2 Å². The topological polar surface area (TPSA) is 106 Å². The van der Waals surface area contributed by atoms with E-state index in [1.807, 2.05) is 24.3 Å². The number of anilines is 1. The van der Waals surface area contributed by atoms with Crippen LogP contribution >= 0.6 is 0 Å². The maximum Gasteiger partial charge on any atom is 0.209 e. The third-order valence-corrected chi connectivity index (χ3v) is 7.15. The molecule has 1 aliphatic heterocycles. The number of likely N-dealkylation sites (tertiary alicyclic amines) is 1. The normalized spacial score (nSPS) is 21.7. The van der Waals surface area contributed by atoms with Crippen molar-refractivity contribution in [2.75, 3.05) is 31.6 Å². The molecule has 3 heterocycles. The lowest BCUT2D eigenvalue weighted by molar-refractivity contribution is 0.0921. The van der Waals surface area contributed by atoms with Gasteiger partial charge in [0.05, 0.1) is 11.6 Å². The summed E-state index contributed by atoms with van der Waals surface area (Å²) in [5.41, 5.74) is 10.0. The first kappa shape index (κ1) is 20.4. The summed E-state index contributed by atoms with van der Waals surface area (Å²) in [7, 11) is -3.25. The molecule has 3 N–H and O–H groups in total. The molecule has 2 aliphatic rings. The third-order valence-electron chi connectivity index (χ3n) is 6.48. The maximum atomic E-state index is 11.5. The van der Waals surface area contributed by atoms with E-state index < -0.39 is 10.0 Å². The molecule has 0 amide bonds. The van der Waals surface area contributed by atoms with Gasteiger partial charge in [-0.2, -0.15) is 0 Å². The molecule has 31 heavy (non-hydrogen) atoms. The van der Waals surface area contributed by atoms with Crippen LogP contribution in [0.1, 0.15) is 30.9 Å². The third kappa shape index (κ3) is 4.17. The highest BCUT2D eigenvalue weighted by molar-refractivity contribution is 7.88. The highest BCUT2D eigenvalue weighted by Crippen LogP contribution is 2.43. The van der Waals surface area contributed by atoms with Crippen LogP contribution in [-0.4, -0.2) is 53.7 Å². The van der Waals surface area contributed by atoms with Gasteiger partial charge in [0.15, 0.2) is 0 Å². The van der Waals surface area contributed by atoms with Crippen LogP contribution in [0.15, 0.2) is 36.8 Å². The Hall–Kier alpha value is -2.49. The van der Waals surface area contributed by atoms with Gasteiger partial charge in [0.1, 0.15) is 17.8 Å². The number of nitrogens with two attached hydrogens (primary N) is 1. The monoisotopic (exact) mass is 440 g/mol. The summed E-state index contributed by atoms with van der Waals surface area (Å²) in [6, 6.07) is 8.28. The SMILES string of the molecule is CS(=O)(=O)NCc1cccc(-c2cn([C@H]3C[C@@H](CN4CCC4)C3)c3ncnc(N)c23)c1. The van der Waals surface area contributed by atoms with E-state index in [-0.39, 0.29) is 6.54 Å². The molecule has 8 nitrogen and oxygen atoms in total. The van der Waals surface area contributed by atoms with Gasteiger partial charge in [-0.3, -0.25) is 0 Å². The minimum absolute atomic E-state index is 0.248. The van der Waals surface area contributed by atoms with Crippen molar-refractivity contribution >= 4 is 26.9 Å². The average molecular weight is 441 g/mol. The van der Waals surface area contributed by atoms with Gasteiger partial charge in [-0.05, 0) is 55.5 Å². The molecule has 1 saturated heterocycles. The first-order valence-electron chi connectivity index (χ1n) is 10.7. The largest absolute Gasteiger partial charge is 0.383 e. The smallest absolute Gasteiger partial charge is 0.209 e. The second kappa shape index (κ2) is 7.89. The quantitative estimate of drug-likeness (QED) is 0.584. The van der Waals surface area contributed by atoms with E-state index in [1.54, 1.807) is 0 Å². The number of sulfonamides is 1. The maximum absolute atomic E-state index is 11.5. The van der Waals surface area contributed by atoms with Gasteiger partial charge in [-0.25, -0.2) is 23.1 Å². The lowest BCUT2D eigenvalue weighted by atomic mass is 9.79. The molecular weight excluding hydrogens is 412 g/mol. The summed E-state index contributed by atoms with van der Waals surface area (Å²) in [4.78, 5) is 11.3. The van der Waals surface area contributed by atoms with E-state index in [2.05, 4.69) is 30.4 Å². The van der Waals surface area contributed by atoms with E-state index in [4.69, 9.17) is 5.73 Å². The summed E-state index contributed by atoms with van der Waals surface area (Å²) < 4.78 is 27.7. The molecule has 164 valence electrons. The van der Waals surface area contributed by atoms with Gasteiger partial charge in [0, 0.05) is 30.9 Å². The van der Waals surface area contributed by atoms with Crippen LogP contribution in [0.25, 0.3) is 22.2 Å². The van der Waals surface area contributed by atoms with E-state index in [9.17, 15) is 8.42 Å². The fraction of sp³-hybridized carbons (Fsp3) is 0.455. The molecule has 1 saturated carbocycles. The zero-order valence-corrected chi connectivity index (χ0v) is 18.5. The van der Waals surface area contributed by atoms with Gasteiger partial charge >= 0.3 is 0 Å². The van der Waals surface area contributed by atoms with Crippen molar-refractivity contribution in [2.24, 2.45) is 5.92 Å². The molecule has 5 rings (SSSR count). The number of aromatic nitrogens is 3. The number of nitrogen functional groups attached to an aromatic ring is 1. The van der Waals surface area contributed by atoms with Crippen LogP contribution in [0.3, 0.4) is 0 Å². The Morgan fingerprint density at radius 1 is 1.23 bits per heavy atom. The number of hydrogen-bond donors (Lipinski definition) is 2. The van der Waals surface area contributed by atoms with E-state index in [0.29, 0.717) is 11.9 Å². The van der Waals surface area contributed by atoms with Gasteiger partial charge in [0.2, 0.25) is 10.0 Å². The second-order valence-electron chi connectivity index (χ2n) is 8.85. The van der Waals surface area contributed by atoms with Crippen molar-refractivity contribution in [1.82, 2.24) is 24.2 Å². The molecule has 0 spiro atoms. The first-order chi connectivity index (χ1) is 14.9. The predicted octanol–water partition coefficient (Wildman–Crippen LogP) is 2.39. The van der Waals surface area contributed by atoms with Crippen LogP contribution in [-0.2, 0) is 16.6 Å². The number of nitrogens with one attached hydrogen (secondary N) is 1. The molecule has 0 bridgehead atoms. The number of benzene rings is 1. The Morgan fingerprint density at radius 3 is 2.74 bits per heavy atom. The van der Waals surface area contributed by atoms with Gasteiger partial charge < -0.3 is 15.2 Å². The molecule has 3 aromatic rings. The predicted molar refractivity (Wildman–Crippen MR) is 122 cm³/mol. The lowest BCUT2D eigenvalue weighted by Crippen LogP contribution is -2.43. The summed E-state index contributed by atoms with van der Waals surface area (Å²) >= 11 is 0. The highest BCUT2D eigenvalue weighted by Gasteiger charge is 2.34. The van der Waals surface area contributed by atoms with Crippen LogP contribution in [0.2, 0.25) is 0 Å². The fourth-order valence-corrected chi connectivity index (χ4v) is 5.10. The van der Waals surface area contributed by atoms with Crippen molar-refractivity contribution in [3.63, 3.8) is 0 Å². The lowest BCUT2D eigenvalue weighted by Gasteiger charge is -2.42. The molecule has 0 unspecified atom stereocenters. The van der Waals surface area contributed by atoms with Crippen molar-refractivity contribution < 1.29 is 8.42 Å². The molecule has 2 fully saturated rings. The van der Waals surface area contributed by atoms with Crippen LogP contribution in [0.5, 0.6) is 0 Å². The molecule has 0 atom stereocenters. The molecule has 9 heteroatoms. The number of nitrogens with zero attached hydrogens (tertiary/aromatic N) is 4. The molecule has 2 aromatic heterocycles. The Morgan fingerprint density at radius 2 is 2.03 bits per heavy atom. The Balaban J connectivity index is 1.44. The van der Waals surface area contributed by atoms with E-state index >= 15 is 0 Å². The Labute approximate surface area is 182 Å². The summed E-state index contributed by atoms with van der Waals surface area (Å²) in [5, 5.41) is 0.863. The first-order valence-corrected chi connectivity index (χ1v) is 12.6. The average Bonchev–Trinajstić information content (AvgIpc) is 3.04. The Kier molecular flexibility index (Phi) is 5.19. The summed E-state index contributed by atoms with van der Waals surface area (Å²) in [6.45, 7) is 3.94. The van der Waals surface area contributed by atoms with Crippen molar-refractivity contribution in [3.05, 3.63) is 42.4 Å². The highest BCUT2D eigenvalue weighted by atomic mass is 32.2. The standard InChI is InChI=1S/C22H28N6O2S/c1-31(29,30)26-11-15-4-2-5-17(8-15)19-13-28(22-20(19)21(23)24-14-25-22)18-9-16(10-18)12-27-6-3-7-27/h2,4-5,8,13-14,16,18,26H,3,6-7,9-12H2,1H3,(H2,23,24,25)/t16-,18+. The molecular formula is C22H28N6O2S. The summed E-state index contributed by atoms with van der Waals surface area (Å²) in [5.74, 6) is 1.21. The van der Waals surface area contributed by atoms with Gasteiger partial charge in [0.25, 0.3) is 0 Å². The Bertz CT molecular complexity index is 1210. The minimum atomic E-state index is -3.25. The molecule has 0 radical (unpaired) electrons. The zero-order valence-electron chi connectivity index (χ0n) is 17.7. The van der Waals surface area contributed by atoms with E-state index in [0.717, 1.165) is 52.7 Å². The number of hydrogen-bond acceptors (Lipinski definition) is 6. The van der Waals surface area contributed by atoms with Crippen LogP contribution in [0, 0.1) is 5.92 Å². The van der Waals surface area contributed by atoms with Crippen LogP contribution < -0.4 is 10.5 Å². The molecule has 1 aliphatic carbocycles. The number of fused-ring (bicyclic) bond motifs is 1. The van der Waals surface area contributed by atoms with Gasteiger partial charge in [-0.15, -0.1) is 0 Å². The van der Waals surface area contributed by atoms with Crippen LogP contribution in [0.4, 0.5) is 5.82 Å². The number of rotatable bonds is 7. The summed E-state index contributed by atoms with van der Waals surface area (Å²) in [6.07, 6.45) is 8.47. The van der Waals surface area contributed by atoms with Crippen molar-refractivity contribution in [2.45, 2.75) is 31.8 Å². The zero-order chi connectivity index (χ0) is 21.6. The molecule has 1 aromatic carbocycles. The van der Waals surface area contributed by atoms with E-state index in [1.165, 1.54) is 32.4 Å². The van der Waals surface area contributed by atoms with Crippen molar-refractivity contribution in [1.29, 1.82) is 0 Å². The fourth-order valence-electron chi connectivity index (χ4n) is 4.67. The second-order valence-corrected chi connectivity index (χ2v) is 10.7. The van der Waals surface area contributed by atoms with Crippen molar-refractivity contribution in [3.8, 4) is 11.1 Å². The minimum Gasteiger partial charge on any atom is -0.383 e.